The summed E-state index contributed by atoms with van der Waals surface area (Å²) in [6, 6.07) is 12.1. The van der Waals surface area contributed by atoms with Gasteiger partial charge in [-0.1, -0.05) is 12.1 Å². The topological polar surface area (TPSA) is 75.3 Å². The molecule has 0 saturated carbocycles. The van der Waals surface area contributed by atoms with Crippen LogP contribution in [-0.4, -0.2) is 27.1 Å². The molecule has 2 aromatic rings. The van der Waals surface area contributed by atoms with Crippen molar-refractivity contribution in [1.82, 2.24) is 0 Å². The zero-order valence-corrected chi connectivity index (χ0v) is 14.2. The van der Waals surface area contributed by atoms with E-state index in [2.05, 4.69) is 10.6 Å². The molecule has 2 N–H and O–H groups in total. The van der Waals surface area contributed by atoms with E-state index in [-0.39, 0.29) is 17.3 Å². The lowest BCUT2D eigenvalue weighted by atomic mass is 10.1. The van der Waals surface area contributed by atoms with Gasteiger partial charge >= 0.3 is 0 Å². The number of amides is 1. The molecule has 0 aliphatic heterocycles. The first-order valence-corrected chi connectivity index (χ1v) is 9.06. The summed E-state index contributed by atoms with van der Waals surface area (Å²) in [6.45, 7) is 4.11. The van der Waals surface area contributed by atoms with E-state index in [1.807, 2.05) is 32.0 Å². The molecule has 0 aromatic heterocycles. The van der Waals surface area contributed by atoms with Crippen LogP contribution in [0.2, 0.25) is 0 Å². The first kappa shape index (κ1) is 17.0. The fraction of sp³-hybridized carbons (Fsp3) is 0.235. The Balaban J connectivity index is 1.96. The van der Waals surface area contributed by atoms with Crippen LogP contribution >= 0.6 is 0 Å². The summed E-state index contributed by atoms with van der Waals surface area (Å²) in [5.74, 6) is -0.196. The van der Waals surface area contributed by atoms with E-state index in [0.29, 0.717) is 5.69 Å². The summed E-state index contributed by atoms with van der Waals surface area (Å²) in [4.78, 5) is 12.2. The number of nitrogens with one attached hydrogen (secondary N) is 2. The SMILES string of the molecule is Cc1ccc(C)c(NCC(=O)Nc2ccc(S(C)(=O)=O)cc2)c1. The third-order valence-corrected chi connectivity index (χ3v) is 4.53. The van der Waals surface area contributed by atoms with Gasteiger partial charge in [0.25, 0.3) is 0 Å². The van der Waals surface area contributed by atoms with Crippen LogP contribution in [0.1, 0.15) is 11.1 Å². The Bertz CT molecular complexity index is 812. The van der Waals surface area contributed by atoms with Crippen LogP contribution in [0, 0.1) is 13.8 Å². The minimum Gasteiger partial charge on any atom is -0.376 e. The molecular formula is C17H20N2O3S. The molecule has 0 spiro atoms. The molecule has 5 nitrogen and oxygen atoms in total. The number of hydrogen-bond donors (Lipinski definition) is 2. The maximum absolute atomic E-state index is 12.0. The van der Waals surface area contributed by atoms with Crippen molar-refractivity contribution in [3.63, 3.8) is 0 Å². The van der Waals surface area contributed by atoms with Crippen LogP contribution in [0.5, 0.6) is 0 Å². The maximum atomic E-state index is 12.0. The Labute approximate surface area is 136 Å². The summed E-state index contributed by atoms with van der Waals surface area (Å²) in [5, 5.41) is 5.83. The molecular weight excluding hydrogens is 312 g/mol. The Morgan fingerprint density at radius 1 is 1.04 bits per heavy atom. The van der Waals surface area contributed by atoms with Gasteiger partial charge < -0.3 is 10.6 Å². The second kappa shape index (κ2) is 6.83. The Hall–Kier alpha value is -2.34. The van der Waals surface area contributed by atoms with Crippen molar-refractivity contribution >= 4 is 27.1 Å². The Morgan fingerprint density at radius 2 is 1.70 bits per heavy atom. The third-order valence-electron chi connectivity index (χ3n) is 3.40. The molecule has 2 rings (SSSR count). The number of rotatable bonds is 5. The average molecular weight is 332 g/mol. The average Bonchev–Trinajstić information content (AvgIpc) is 2.48. The van der Waals surface area contributed by atoms with E-state index in [1.165, 1.54) is 12.1 Å². The number of hydrogen-bond acceptors (Lipinski definition) is 4. The lowest BCUT2D eigenvalue weighted by Gasteiger charge is -2.11. The van der Waals surface area contributed by atoms with Gasteiger partial charge in [0.2, 0.25) is 5.91 Å². The number of carbonyl (C=O) groups excluding carboxylic acids is 1. The zero-order chi connectivity index (χ0) is 17.0. The molecule has 122 valence electrons. The van der Waals surface area contributed by atoms with Crippen molar-refractivity contribution in [2.45, 2.75) is 18.7 Å². The highest BCUT2D eigenvalue weighted by Gasteiger charge is 2.08. The fourth-order valence-electron chi connectivity index (χ4n) is 2.09. The monoisotopic (exact) mass is 332 g/mol. The number of anilines is 2. The van der Waals surface area contributed by atoms with Gasteiger partial charge in [-0.15, -0.1) is 0 Å². The summed E-state index contributed by atoms with van der Waals surface area (Å²) in [7, 11) is -3.23. The van der Waals surface area contributed by atoms with Crippen molar-refractivity contribution in [3.8, 4) is 0 Å². The molecule has 0 radical (unpaired) electrons. The zero-order valence-electron chi connectivity index (χ0n) is 13.4. The minimum atomic E-state index is -3.23. The van der Waals surface area contributed by atoms with Crippen LogP contribution in [0.25, 0.3) is 0 Å². The minimum absolute atomic E-state index is 0.137. The predicted octanol–water partition coefficient (Wildman–Crippen LogP) is 2.76. The van der Waals surface area contributed by atoms with Gasteiger partial charge in [0.05, 0.1) is 11.4 Å². The summed E-state index contributed by atoms with van der Waals surface area (Å²) >= 11 is 0. The van der Waals surface area contributed by atoms with E-state index in [4.69, 9.17) is 0 Å². The Kier molecular flexibility index (Phi) is 5.05. The first-order chi connectivity index (χ1) is 10.8. The smallest absolute Gasteiger partial charge is 0.243 e. The van der Waals surface area contributed by atoms with Gasteiger partial charge in [-0.3, -0.25) is 4.79 Å². The van der Waals surface area contributed by atoms with Crippen molar-refractivity contribution in [1.29, 1.82) is 0 Å². The largest absolute Gasteiger partial charge is 0.376 e. The van der Waals surface area contributed by atoms with Gasteiger partial charge in [0.1, 0.15) is 0 Å². The molecule has 0 unspecified atom stereocenters. The number of sulfone groups is 1. The molecule has 0 atom stereocenters. The molecule has 0 fully saturated rings. The van der Waals surface area contributed by atoms with Crippen LogP contribution in [0.15, 0.2) is 47.4 Å². The van der Waals surface area contributed by atoms with E-state index >= 15 is 0 Å². The number of aryl methyl sites for hydroxylation is 2. The fourth-order valence-corrected chi connectivity index (χ4v) is 2.72. The molecule has 0 aliphatic carbocycles. The van der Waals surface area contributed by atoms with E-state index in [1.54, 1.807) is 12.1 Å². The second-order valence-corrected chi connectivity index (χ2v) is 7.53. The number of benzene rings is 2. The molecule has 6 heteroatoms. The highest BCUT2D eigenvalue weighted by molar-refractivity contribution is 7.90. The van der Waals surface area contributed by atoms with Crippen LogP contribution < -0.4 is 10.6 Å². The van der Waals surface area contributed by atoms with Crippen molar-refractivity contribution in [2.75, 3.05) is 23.4 Å². The van der Waals surface area contributed by atoms with Crippen molar-refractivity contribution < 1.29 is 13.2 Å². The molecule has 2 aromatic carbocycles. The van der Waals surface area contributed by atoms with Crippen LogP contribution in [-0.2, 0) is 14.6 Å². The van der Waals surface area contributed by atoms with Gasteiger partial charge in [0.15, 0.2) is 9.84 Å². The molecule has 23 heavy (non-hydrogen) atoms. The molecule has 0 heterocycles. The lowest BCUT2D eigenvalue weighted by molar-refractivity contribution is -0.114. The molecule has 0 aliphatic rings. The molecule has 0 saturated heterocycles. The quantitative estimate of drug-likeness (QED) is 0.883. The highest BCUT2D eigenvalue weighted by atomic mass is 32.2. The summed E-state index contributed by atoms with van der Waals surface area (Å²) in [6.07, 6.45) is 1.15. The van der Waals surface area contributed by atoms with Gasteiger partial charge in [-0.05, 0) is 55.3 Å². The maximum Gasteiger partial charge on any atom is 0.243 e. The highest BCUT2D eigenvalue weighted by Crippen LogP contribution is 2.16. The second-order valence-electron chi connectivity index (χ2n) is 5.52. The van der Waals surface area contributed by atoms with Crippen LogP contribution in [0.3, 0.4) is 0 Å². The van der Waals surface area contributed by atoms with E-state index in [0.717, 1.165) is 23.1 Å². The standard InChI is InChI=1S/C17H20N2O3S/c1-12-4-5-13(2)16(10-12)18-11-17(20)19-14-6-8-15(9-7-14)23(3,21)22/h4-10,18H,11H2,1-3H3,(H,19,20). The number of carbonyl (C=O) groups is 1. The van der Waals surface area contributed by atoms with E-state index in [9.17, 15) is 13.2 Å². The normalized spacial score (nSPS) is 11.1. The first-order valence-electron chi connectivity index (χ1n) is 7.17. The Morgan fingerprint density at radius 3 is 2.30 bits per heavy atom. The molecule has 0 bridgehead atoms. The summed E-state index contributed by atoms with van der Waals surface area (Å²) in [5.41, 5.74) is 3.67. The van der Waals surface area contributed by atoms with Crippen LogP contribution in [0.4, 0.5) is 11.4 Å². The predicted molar refractivity (Wildman–Crippen MR) is 92.6 cm³/mol. The van der Waals surface area contributed by atoms with Gasteiger partial charge in [-0.25, -0.2) is 8.42 Å². The third kappa shape index (κ3) is 4.82. The molecule has 1 amide bonds. The van der Waals surface area contributed by atoms with Gasteiger partial charge in [0, 0.05) is 17.6 Å². The van der Waals surface area contributed by atoms with E-state index < -0.39 is 9.84 Å². The van der Waals surface area contributed by atoms with Gasteiger partial charge in [-0.2, -0.15) is 0 Å². The summed E-state index contributed by atoms with van der Waals surface area (Å²) < 4.78 is 22.8. The van der Waals surface area contributed by atoms with Crippen molar-refractivity contribution in [3.05, 3.63) is 53.6 Å². The lowest BCUT2D eigenvalue weighted by Crippen LogP contribution is -2.22. The van der Waals surface area contributed by atoms with Crippen molar-refractivity contribution in [2.24, 2.45) is 0 Å².